The van der Waals surface area contributed by atoms with Crippen LogP contribution in [0.1, 0.15) is 30.4 Å². The molecule has 9 nitrogen and oxygen atoms in total. The number of amides is 1. The van der Waals surface area contributed by atoms with Gasteiger partial charge in [-0.2, -0.15) is 0 Å². The molecule has 2 aliphatic rings. The Labute approximate surface area is 243 Å². The van der Waals surface area contributed by atoms with Crippen LogP contribution in [0.4, 0.5) is 8.78 Å². The molecule has 1 amide bonds. The highest BCUT2D eigenvalue weighted by molar-refractivity contribution is 5.78. The summed E-state index contributed by atoms with van der Waals surface area (Å²) >= 11 is 0. The van der Waals surface area contributed by atoms with E-state index in [9.17, 15) is 18.7 Å². The maximum absolute atomic E-state index is 14.0. The molecule has 3 aromatic rings. The molecular formula is C31H36F2N4O5. The van der Waals surface area contributed by atoms with Crippen molar-refractivity contribution in [2.24, 2.45) is 0 Å². The van der Waals surface area contributed by atoms with Gasteiger partial charge in [0, 0.05) is 49.9 Å². The zero-order valence-electron chi connectivity index (χ0n) is 23.5. The van der Waals surface area contributed by atoms with Gasteiger partial charge in [0.1, 0.15) is 11.6 Å². The number of morpholine rings is 1. The molecule has 5 rings (SSSR count). The van der Waals surface area contributed by atoms with Crippen LogP contribution >= 0.6 is 0 Å². The molecule has 1 aromatic carbocycles. The number of benzene rings is 1. The topological polar surface area (TPSA) is 106 Å². The largest absolute Gasteiger partial charge is 0.481 e. The Morgan fingerprint density at radius 1 is 1.21 bits per heavy atom. The first-order valence-corrected chi connectivity index (χ1v) is 14.2. The van der Waals surface area contributed by atoms with Gasteiger partial charge in [-0.25, -0.2) is 13.8 Å². The lowest BCUT2D eigenvalue weighted by Crippen LogP contribution is -2.52. The second-order valence-electron chi connectivity index (χ2n) is 10.5. The fraction of sp³-hybridized carbons (Fsp3) is 0.452. The highest BCUT2D eigenvalue weighted by Crippen LogP contribution is 2.28. The first kappa shape index (κ1) is 30.0. The summed E-state index contributed by atoms with van der Waals surface area (Å²) in [5, 5.41) is 14.7. The van der Waals surface area contributed by atoms with E-state index in [2.05, 4.69) is 15.3 Å². The number of methoxy groups -OCH3 is 1. The minimum absolute atomic E-state index is 0.0287. The standard InChI is InChI=1S/C31H36F2N4O5/c1-40-29-9-7-25-31(36-29)21(10-12-35-25)18-26(38)27-8-6-24(28(42-27)19-30(39)37-13-15-41-16-14-37)34-11-2-3-20-17-22(32)4-5-23(20)33/h2-5,7,9-10,12,17,24,26-28,34,38H,6,8,11,13-16,18-19H2,1H3/b3-2+/t24-,26+,27+,28-/m1/s1. The van der Waals surface area contributed by atoms with Crippen molar-refractivity contribution < 1.29 is 32.9 Å². The first-order chi connectivity index (χ1) is 20.4. The van der Waals surface area contributed by atoms with Crippen molar-refractivity contribution in [1.29, 1.82) is 0 Å². The fourth-order valence-corrected chi connectivity index (χ4v) is 5.48. The number of hydrogen-bond acceptors (Lipinski definition) is 8. The van der Waals surface area contributed by atoms with Crippen molar-refractivity contribution >= 4 is 23.0 Å². The van der Waals surface area contributed by atoms with Crippen LogP contribution in [-0.4, -0.2) is 90.2 Å². The molecule has 0 saturated carbocycles. The van der Waals surface area contributed by atoms with Crippen molar-refractivity contribution in [1.82, 2.24) is 20.2 Å². The number of halogens is 2. The molecule has 4 heterocycles. The third-order valence-electron chi connectivity index (χ3n) is 7.76. The summed E-state index contributed by atoms with van der Waals surface area (Å²) in [6.45, 7) is 2.43. The maximum Gasteiger partial charge on any atom is 0.225 e. The monoisotopic (exact) mass is 582 g/mol. The zero-order chi connectivity index (χ0) is 29.5. The van der Waals surface area contributed by atoms with Crippen molar-refractivity contribution in [2.45, 2.75) is 50.0 Å². The number of fused-ring (bicyclic) bond motifs is 1. The lowest BCUT2D eigenvalue weighted by atomic mass is 9.91. The smallest absolute Gasteiger partial charge is 0.225 e. The van der Waals surface area contributed by atoms with E-state index in [0.717, 1.165) is 23.8 Å². The molecule has 11 heteroatoms. The molecule has 4 atom stereocenters. The summed E-state index contributed by atoms with van der Waals surface area (Å²) < 4.78 is 44.6. The number of rotatable bonds is 10. The molecule has 2 fully saturated rings. The average Bonchev–Trinajstić information content (AvgIpc) is 3.01. The van der Waals surface area contributed by atoms with Crippen LogP contribution in [0.5, 0.6) is 5.88 Å². The van der Waals surface area contributed by atoms with Gasteiger partial charge in [-0.15, -0.1) is 0 Å². The summed E-state index contributed by atoms with van der Waals surface area (Å²) in [5.74, 6) is -0.579. The van der Waals surface area contributed by atoms with E-state index in [4.69, 9.17) is 14.2 Å². The number of nitrogens with zero attached hydrogens (tertiary/aromatic N) is 3. The van der Waals surface area contributed by atoms with Crippen molar-refractivity contribution in [3.63, 3.8) is 0 Å². The molecule has 0 radical (unpaired) electrons. The molecule has 42 heavy (non-hydrogen) atoms. The number of ether oxygens (including phenoxy) is 3. The molecular weight excluding hydrogens is 546 g/mol. The van der Waals surface area contributed by atoms with Gasteiger partial charge in [-0.05, 0) is 48.7 Å². The normalized spacial score (nSPS) is 22.0. The van der Waals surface area contributed by atoms with Crippen molar-refractivity contribution in [3.05, 3.63) is 71.4 Å². The Kier molecular flexibility index (Phi) is 10.1. The highest BCUT2D eigenvalue weighted by Gasteiger charge is 2.36. The van der Waals surface area contributed by atoms with Crippen LogP contribution in [0, 0.1) is 11.6 Å². The second-order valence-corrected chi connectivity index (χ2v) is 10.5. The number of hydrogen-bond donors (Lipinski definition) is 2. The molecule has 0 spiro atoms. The van der Waals surface area contributed by atoms with E-state index in [0.29, 0.717) is 69.0 Å². The first-order valence-electron chi connectivity index (χ1n) is 14.2. The number of carbonyl (C=O) groups excluding carboxylic acids is 1. The van der Waals surface area contributed by atoms with Gasteiger partial charge in [-0.1, -0.05) is 12.2 Å². The Morgan fingerprint density at radius 3 is 2.86 bits per heavy atom. The summed E-state index contributed by atoms with van der Waals surface area (Å²) in [5.41, 5.74) is 2.35. The predicted octanol–water partition coefficient (Wildman–Crippen LogP) is 3.29. The Hall–Kier alpha value is -3.51. The second kappa shape index (κ2) is 14.1. The SMILES string of the molecule is COc1ccc2nccc(C[C@H](O)[C@@H]3CC[C@@H](NC/C=C/c4cc(F)ccc4F)[C@@H](CC(=O)N4CCOCC4)O3)c2n1. The molecule has 0 aliphatic carbocycles. The maximum atomic E-state index is 14.0. The third kappa shape index (κ3) is 7.46. The molecule has 0 unspecified atom stereocenters. The number of carbonyl (C=O) groups is 1. The Bertz CT molecular complexity index is 1400. The van der Waals surface area contributed by atoms with Gasteiger partial charge >= 0.3 is 0 Å². The van der Waals surface area contributed by atoms with E-state index < -0.39 is 29.9 Å². The number of pyridine rings is 2. The molecule has 2 aliphatic heterocycles. The van der Waals surface area contributed by atoms with Gasteiger partial charge in [0.25, 0.3) is 0 Å². The van der Waals surface area contributed by atoms with Crippen LogP contribution in [0.3, 0.4) is 0 Å². The predicted molar refractivity (Wildman–Crippen MR) is 153 cm³/mol. The van der Waals surface area contributed by atoms with Gasteiger partial charge in [-0.3, -0.25) is 9.78 Å². The molecule has 224 valence electrons. The summed E-state index contributed by atoms with van der Waals surface area (Å²) in [6, 6.07) is 8.55. The number of nitrogens with one attached hydrogen (secondary N) is 1. The highest BCUT2D eigenvalue weighted by atomic mass is 19.1. The zero-order valence-corrected chi connectivity index (χ0v) is 23.5. The van der Waals surface area contributed by atoms with Crippen LogP contribution in [0.25, 0.3) is 17.1 Å². The lowest BCUT2D eigenvalue weighted by molar-refractivity contribution is -0.149. The van der Waals surface area contributed by atoms with Crippen LogP contribution in [0.15, 0.2) is 48.7 Å². The van der Waals surface area contributed by atoms with E-state index in [1.54, 1.807) is 30.3 Å². The van der Waals surface area contributed by atoms with Gasteiger partial charge < -0.3 is 29.5 Å². The minimum Gasteiger partial charge on any atom is -0.481 e. The van der Waals surface area contributed by atoms with Crippen LogP contribution in [0.2, 0.25) is 0 Å². The van der Waals surface area contributed by atoms with Gasteiger partial charge in [0.05, 0.1) is 56.1 Å². The number of aliphatic hydroxyl groups excluding tert-OH is 1. The van der Waals surface area contributed by atoms with Crippen molar-refractivity contribution in [3.8, 4) is 5.88 Å². The number of aliphatic hydroxyl groups is 1. The van der Waals surface area contributed by atoms with Crippen LogP contribution in [-0.2, 0) is 20.7 Å². The average molecular weight is 583 g/mol. The third-order valence-corrected chi connectivity index (χ3v) is 7.76. The summed E-state index contributed by atoms with van der Waals surface area (Å²) in [6.07, 6.45) is 4.81. The van der Waals surface area contributed by atoms with E-state index in [1.807, 2.05) is 12.1 Å². The quantitative estimate of drug-likeness (QED) is 0.375. The Balaban J connectivity index is 1.26. The summed E-state index contributed by atoms with van der Waals surface area (Å²) in [4.78, 5) is 23.8. The number of aromatic nitrogens is 2. The Morgan fingerprint density at radius 2 is 2.05 bits per heavy atom. The lowest BCUT2D eigenvalue weighted by Gasteiger charge is -2.39. The molecule has 0 bridgehead atoms. The van der Waals surface area contributed by atoms with Gasteiger partial charge in [0.15, 0.2) is 0 Å². The summed E-state index contributed by atoms with van der Waals surface area (Å²) in [7, 11) is 1.55. The van der Waals surface area contributed by atoms with Crippen molar-refractivity contribution in [2.75, 3.05) is 40.0 Å². The van der Waals surface area contributed by atoms with E-state index in [1.165, 1.54) is 6.08 Å². The van der Waals surface area contributed by atoms with Crippen LogP contribution < -0.4 is 10.1 Å². The minimum atomic E-state index is -0.832. The van der Waals surface area contributed by atoms with Gasteiger partial charge in [0.2, 0.25) is 11.8 Å². The van der Waals surface area contributed by atoms with E-state index in [-0.39, 0.29) is 23.9 Å². The molecule has 2 saturated heterocycles. The molecule has 2 aromatic heterocycles. The molecule has 2 N–H and O–H groups in total. The fourth-order valence-electron chi connectivity index (χ4n) is 5.48. The van der Waals surface area contributed by atoms with E-state index >= 15 is 0 Å².